The van der Waals surface area contributed by atoms with Gasteiger partial charge in [-0.1, -0.05) is 36.4 Å². The molecule has 0 spiro atoms. The third kappa shape index (κ3) is 10.7. The van der Waals surface area contributed by atoms with E-state index in [9.17, 15) is 19.2 Å². The van der Waals surface area contributed by atoms with Gasteiger partial charge in [0.15, 0.2) is 23.0 Å². The van der Waals surface area contributed by atoms with Gasteiger partial charge in [-0.3, -0.25) is 9.59 Å². The van der Waals surface area contributed by atoms with Gasteiger partial charge in [-0.25, -0.2) is 20.4 Å². The van der Waals surface area contributed by atoms with Gasteiger partial charge in [-0.05, 0) is 84.6 Å². The van der Waals surface area contributed by atoms with E-state index in [2.05, 4.69) is 21.1 Å². The molecule has 48 heavy (non-hydrogen) atoms. The van der Waals surface area contributed by atoms with Crippen molar-refractivity contribution in [2.75, 3.05) is 14.2 Å². The predicted octanol–water partition coefficient (Wildman–Crippen LogP) is 5.30. The molecule has 0 aliphatic carbocycles. The fourth-order valence-corrected chi connectivity index (χ4v) is 4.20. The number of carbonyl (C=O) groups is 4. The highest BCUT2D eigenvalue weighted by atomic mass is 16.6. The first-order valence-electron chi connectivity index (χ1n) is 14.9. The van der Waals surface area contributed by atoms with E-state index in [-0.39, 0.29) is 36.2 Å². The van der Waals surface area contributed by atoms with Crippen LogP contribution in [0.5, 0.6) is 23.0 Å². The number of methoxy groups -OCH3 is 2. The van der Waals surface area contributed by atoms with Crippen LogP contribution in [0.1, 0.15) is 57.5 Å². The molecule has 0 aliphatic heterocycles. The topological polar surface area (TPSA) is 154 Å². The van der Waals surface area contributed by atoms with Gasteiger partial charge >= 0.3 is 11.9 Å². The molecule has 0 radical (unpaired) electrons. The highest BCUT2D eigenvalue weighted by Crippen LogP contribution is 2.29. The van der Waals surface area contributed by atoms with Crippen molar-refractivity contribution in [3.8, 4) is 23.0 Å². The molecule has 12 heteroatoms. The van der Waals surface area contributed by atoms with Crippen LogP contribution in [0.4, 0.5) is 0 Å². The van der Waals surface area contributed by atoms with E-state index in [1.54, 1.807) is 97.1 Å². The summed E-state index contributed by atoms with van der Waals surface area (Å²) in [6, 6.07) is 26.9. The molecule has 0 fully saturated rings. The van der Waals surface area contributed by atoms with Gasteiger partial charge in [-0.2, -0.15) is 10.2 Å². The van der Waals surface area contributed by atoms with E-state index >= 15 is 0 Å². The van der Waals surface area contributed by atoms with Gasteiger partial charge in [0.05, 0.1) is 37.8 Å². The van der Waals surface area contributed by atoms with E-state index in [0.29, 0.717) is 46.6 Å². The second-order valence-electron chi connectivity index (χ2n) is 10.1. The zero-order chi connectivity index (χ0) is 34.1. The van der Waals surface area contributed by atoms with Crippen molar-refractivity contribution in [2.24, 2.45) is 10.2 Å². The quantitative estimate of drug-likeness (QED) is 0.0578. The molecule has 0 saturated carbocycles. The van der Waals surface area contributed by atoms with Crippen molar-refractivity contribution in [2.45, 2.75) is 25.7 Å². The Balaban J connectivity index is 1.15. The maximum Gasteiger partial charge on any atom is 0.343 e. The van der Waals surface area contributed by atoms with Gasteiger partial charge in [0, 0.05) is 12.8 Å². The first kappa shape index (κ1) is 34.6. The number of rotatable bonds is 15. The zero-order valence-electron chi connectivity index (χ0n) is 26.4. The summed E-state index contributed by atoms with van der Waals surface area (Å²) in [4.78, 5) is 49.1. The minimum atomic E-state index is -0.513. The van der Waals surface area contributed by atoms with E-state index in [1.807, 2.05) is 0 Å². The Morgan fingerprint density at radius 2 is 0.958 bits per heavy atom. The second-order valence-corrected chi connectivity index (χ2v) is 10.1. The lowest BCUT2D eigenvalue weighted by atomic mass is 10.2. The summed E-state index contributed by atoms with van der Waals surface area (Å²) in [5.41, 5.74) is 6.95. The fourth-order valence-electron chi connectivity index (χ4n) is 4.20. The van der Waals surface area contributed by atoms with Gasteiger partial charge in [0.1, 0.15) is 0 Å². The number of ether oxygens (including phenoxy) is 4. The van der Waals surface area contributed by atoms with Crippen LogP contribution in [0.3, 0.4) is 0 Å². The van der Waals surface area contributed by atoms with E-state index in [4.69, 9.17) is 18.9 Å². The molecule has 246 valence electrons. The van der Waals surface area contributed by atoms with Crippen LogP contribution in [0.2, 0.25) is 0 Å². The Hall–Kier alpha value is -6.30. The molecular formula is C36H34N4O8. The molecule has 0 bridgehead atoms. The van der Waals surface area contributed by atoms with Crippen molar-refractivity contribution in [3.05, 3.63) is 119 Å². The number of esters is 2. The van der Waals surface area contributed by atoms with E-state index in [1.165, 1.54) is 26.6 Å². The van der Waals surface area contributed by atoms with Gasteiger partial charge in [-0.15, -0.1) is 0 Å². The molecule has 12 nitrogen and oxygen atoms in total. The molecule has 2 amide bonds. The van der Waals surface area contributed by atoms with Crippen molar-refractivity contribution in [1.82, 2.24) is 10.9 Å². The molecule has 4 aromatic carbocycles. The minimum Gasteiger partial charge on any atom is -0.493 e. The highest BCUT2D eigenvalue weighted by molar-refractivity contribution is 5.92. The smallest absolute Gasteiger partial charge is 0.343 e. The Labute approximate surface area is 277 Å². The van der Waals surface area contributed by atoms with Crippen molar-refractivity contribution >= 4 is 36.2 Å². The lowest BCUT2D eigenvalue weighted by Crippen LogP contribution is -2.19. The first-order chi connectivity index (χ1) is 23.4. The highest BCUT2D eigenvalue weighted by Gasteiger charge is 2.14. The van der Waals surface area contributed by atoms with Crippen LogP contribution >= 0.6 is 0 Å². The summed E-state index contributed by atoms with van der Waals surface area (Å²) in [6.07, 6.45) is 4.16. The number of nitrogens with one attached hydrogen (secondary N) is 2. The summed E-state index contributed by atoms with van der Waals surface area (Å²) in [6.45, 7) is 0. The van der Waals surface area contributed by atoms with Crippen molar-refractivity contribution in [1.29, 1.82) is 0 Å². The van der Waals surface area contributed by atoms with E-state index < -0.39 is 11.9 Å². The monoisotopic (exact) mass is 650 g/mol. The largest absolute Gasteiger partial charge is 0.493 e. The summed E-state index contributed by atoms with van der Waals surface area (Å²) in [5, 5.41) is 7.93. The number of hydrogen-bond acceptors (Lipinski definition) is 10. The Morgan fingerprint density at radius 1 is 0.562 bits per heavy atom. The Kier molecular flexibility index (Phi) is 13.0. The molecule has 2 N–H and O–H groups in total. The van der Waals surface area contributed by atoms with Gasteiger partial charge in [0.25, 0.3) is 0 Å². The molecule has 4 aromatic rings. The van der Waals surface area contributed by atoms with Crippen LogP contribution in [0.15, 0.2) is 107 Å². The average Bonchev–Trinajstić information content (AvgIpc) is 3.11. The number of unbranched alkanes of at least 4 members (excludes halogenated alkanes) is 1. The van der Waals surface area contributed by atoms with Crippen LogP contribution in [-0.2, 0) is 9.59 Å². The van der Waals surface area contributed by atoms with E-state index in [0.717, 1.165) is 0 Å². The predicted molar refractivity (Wildman–Crippen MR) is 179 cm³/mol. The number of hydrogen-bond donors (Lipinski definition) is 2. The number of hydrazone groups is 2. The van der Waals surface area contributed by atoms with Crippen LogP contribution in [0.25, 0.3) is 0 Å². The fraction of sp³-hybridized carbons (Fsp3) is 0.167. The molecule has 0 aliphatic rings. The molecular weight excluding hydrogens is 616 g/mol. The third-order valence-corrected chi connectivity index (χ3v) is 6.66. The Bertz CT molecular complexity index is 1640. The number of amides is 2. The van der Waals surface area contributed by atoms with Crippen LogP contribution < -0.4 is 29.8 Å². The first-order valence-corrected chi connectivity index (χ1v) is 14.9. The zero-order valence-corrected chi connectivity index (χ0v) is 26.4. The Morgan fingerprint density at radius 3 is 1.33 bits per heavy atom. The average molecular weight is 651 g/mol. The second kappa shape index (κ2) is 18.0. The van der Waals surface area contributed by atoms with Gasteiger partial charge < -0.3 is 18.9 Å². The lowest BCUT2D eigenvalue weighted by Gasteiger charge is -2.10. The van der Waals surface area contributed by atoms with Crippen molar-refractivity contribution in [3.63, 3.8) is 0 Å². The SMILES string of the molecule is COc1cc(C=NNC(=O)CCCCC(=O)NN=Cc2ccc(OC(=O)c3ccccc3)c(OC)c2)ccc1OC(=O)c1ccccc1. The van der Waals surface area contributed by atoms with Crippen LogP contribution in [-0.4, -0.2) is 50.4 Å². The molecule has 0 atom stereocenters. The molecule has 0 aromatic heterocycles. The molecule has 0 unspecified atom stereocenters. The van der Waals surface area contributed by atoms with Crippen molar-refractivity contribution < 1.29 is 38.1 Å². The summed E-state index contributed by atoms with van der Waals surface area (Å²) >= 11 is 0. The summed E-state index contributed by atoms with van der Waals surface area (Å²) < 4.78 is 21.5. The molecule has 4 rings (SSSR count). The van der Waals surface area contributed by atoms with Gasteiger partial charge in [0.2, 0.25) is 11.8 Å². The lowest BCUT2D eigenvalue weighted by molar-refractivity contribution is -0.123. The number of carbonyl (C=O) groups excluding carboxylic acids is 4. The summed E-state index contributed by atoms with van der Waals surface area (Å²) in [7, 11) is 2.91. The summed E-state index contributed by atoms with van der Waals surface area (Å²) in [5.74, 6) is -0.482. The van der Waals surface area contributed by atoms with Crippen LogP contribution in [0, 0.1) is 0 Å². The molecule has 0 heterocycles. The maximum absolute atomic E-state index is 12.4. The third-order valence-electron chi connectivity index (χ3n) is 6.66. The standard InChI is InChI=1S/C36H34N4O8/c1-45-31-21-25(17-19-29(31)47-35(43)27-11-5-3-6-12-27)23-37-39-33(41)15-9-10-16-34(42)40-38-24-26-18-20-30(32(22-26)46-2)48-36(44)28-13-7-4-8-14-28/h3-8,11-14,17-24H,9-10,15-16H2,1-2H3,(H,39,41)(H,40,42). The number of nitrogens with zero attached hydrogens (tertiary/aromatic N) is 2. The normalized spacial score (nSPS) is 10.8. The maximum atomic E-state index is 12.4. The number of benzene rings is 4. The molecule has 0 saturated heterocycles. The minimum absolute atomic E-state index is 0.173.